The number of amides is 1. The molecule has 3 aliphatic rings. The van der Waals surface area contributed by atoms with Gasteiger partial charge in [0.15, 0.2) is 0 Å². The molecule has 1 amide bonds. The van der Waals surface area contributed by atoms with E-state index in [-0.39, 0.29) is 11.8 Å². The van der Waals surface area contributed by atoms with E-state index in [4.69, 9.17) is 4.74 Å². The number of anilines is 4. The van der Waals surface area contributed by atoms with Crippen LogP contribution in [-0.4, -0.2) is 37.2 Å². The molecule has 2 aromatic carbocycles. The fourth-order valence-corrected chi connectivity index (χ4v) is 5.75. The second kappa shape index (κ2) is 9.70. The largest absolute Gasteiger partial charge is 0.378 e. The molecule has 2 fully saturated rings. The molecule has 6 nitrogen and oxygen atoms in total. The van der Waals surface area contributed by atoms with Crippen molar-refractivity contribution < 1.29 is 9.53 Å². The van der Waals surface area contributed by atoms with Crippen LogP contribution in [-0.2, 0) is 16.1 Å². The van der Waals surface area contributed by atoms with Crippen molar-refractivity contribution >= 4 is 28.8 Å². The Morgan fingerprint density at radius 2 is 1.74 bits per heavy atom. The molecule has 6 rings (SSSR count). The van der Waals surface area contributed by atoms with Crippen LogP contribution in [0.5, 0.6) is 0 Å². The van der Waals surface area contributed by atoms with Crippen molar-refractivity contribution in [2.75, 3.05) is 41.4 Å². The maximum Gasteiger partial charge on any atom is 0.230 e. The minimum absolute atomic E-state index is 0.0491. The molecular weight excluding hydrogens is 436 g/mol. The van der Waals surface area contributed by atoms with Crippen molar-refractivity contribution in [3.63, 3.8) is 0 Å². The van der Waals surface area contributed by atoms with Gasteiger partial charge in [0.25, 0.3) is 0 Å². The lowest BCUT2D eigenvalue weighted by molar-refractivity contribution is -0.123. The summed E-state index contributed by atoms with van der Waals surface area (Å²) in [6.45, 7) is 3.74. The van der Waals surface area contributed by atoms with Crippen LogP contribution in [0.2, 0.25) is 0 Å². The number of nitrogens with zero attached hydrogens (tertiary/aromatic N) is 3. The highest BCUT2D eigenvalue weighted by Gasteiger charge is 2.33. The van der Waals surface area contributed by atoms with Crippen molar-refractivity contribution in [1.82, 2.24) is 4.98 Å². The van der Waals surface area contributed by atoms with Crippen molar-refractivity contribution in [3.05, 3.63) is 78.0 Å². The first kappa shape index (κ1) is 22.1. The van der Waals surface area contributed by atoms with E-state index in [2.05, 4.69) is 69.8 Å². The summed E-state index contributed by atoms with van der Waals surface area (Å²) >= 11 is 0. The minimum atomic E-state index is 0.0491. The summed E-state index contributed by atoms with van der Waals surface area (Å²) in [6.07, 6.45) is 5.79. The lowest BCUT2D eigenvalue weighted by Crippen LogP contribution is -2.38. The molecule has 1 aliphatic carbocycles. The molecule has 3 heterocycles. The quantitative estimate of drug-likeness (QED) is 0.551. The summed E-state index contributed by atoms with van der Waals surface area (Å²) in [5, 5.41) is 3.50. The second-order valence-corrected chi connectivity index (χ2v) is 9.82. The van der Waals surface area contributed by atoms with Crippen molar-refractivity contribution in [2.24, 2.45) is 5.92 Å². The summed E-state index contributed by atoms with van der Waals surface area (Å²) in [7, 11) is 0. The lowest BCUT2D eigenvalue weighted by atomic mass is 9.78. The zero-order valence-electron chi connectivity index (χ0n) is 20.0. The van der Waals surface area contributed by atoms with E-state index < -0.39 is 0 Å². The zero-order chi connectivity index (χ0) is 23.6. The molecule has 0 spiro atoms. The molecule has 0 radical (unpaired) electrons. The number of carbonyl (C=O) groups excluding carboxylic acids is 1. The van der Waals surface area contributed by atoms with Crippen LogP contribution in [0.1, 0.15) is 42.7 Å². The topological polar surface area (TPSA) is 57.7 Å². The summed E-state index contributed by atoms with van der Waals surface area (Å²) in [5.74, 6) is 1.66. The third-order valence-electron chi connectivity index (χ3n) is 7.73. The second-order valence-electron chi connectivity index (χ2n) is 9.82. The number of morpholine rings is 1. The number of hydrogen-bond donors (Lipinski definition) is 1. The maximum absolute atomic E-state index is 14.1. The lowest BCUT2D eigenvalue weighted by Gasteiger charge is -2.34. The molecule has 3 aromatic rings. The van der Waals surface area contributed by atoms with Gasteiger partial charge in [-0.2, -0.15) is 0 Å². The van der Waals surface area contributed by atoms with E-state index in [0.29, 0.717) is 12.5 Å². The predicted octanol–water partition coefficient (Wildman–Crippen LogP) is 5.48. The molecule has 6 heteroatoms. The highest BCUT2D eigenvalue weighted by molar-refractivity contribution is 6.00. The minimum Gasteiger partial charge on any atom is -0.378 e. The van der Waals surface area contributed by atoms with Gasteiger partial charge in [0, 0.05) is 36.5 Å². The number of aromatic nitrogens is 1. The third kappa shape index (κ3) is 4.50. The molecule has 1 saturated carbocycles. The Morgan fingerprint density at radius 1 is 0.943 bits per heavy atom. The Balaban J connectivity index is 1.28. The van der Waals surface area contributed by atoms with Gasteiger partial charge in [0.2, 0.25) is 5.91 Å². The van der Waals surface area contributed by atoms with Crippen molar-refractivity contribution in [1.29, 1.82) is 0 Å². The fourth-order valence-electron chi connectivity index (χ4n) is 5.75. The molecule has 180 valence electrons. The van der Waals surface area contributed by atoms with Crippen molar-refractivity contribution in [3.8, 4) is 0 Å². The maximum atomic E-state index is 14.1. The number of pyridine rings is 1. The Hall–Kier alpha value is -3.38. The van der Waals surface area contributed by atoms with E-state index >= 15 is 0 Å². The Labute approximate surface area is 206 Å². The van der Waals surface area contributed by atoms with Crippen LogP contribution in [0.4, 0.5) is 22.9 Å². The van der Waals surface area contributed by atoms with Crippen LogP contribution in [0, 0.1) is 5.92 Å². The van der Waals surface area contributed by atoms with Gasteiger partial charge < -0.3 is 19.9 Å². The molecule has 1 saturated heterocycles. The smallest absolute Gasteiger partial charge is 0.230 e. The van der Waals surface area contributed by atoms with Crippen LogP contribution >= 0.6 is 0 Å². The summed E-state index contributed by atoms with van der Waals surface area (Å²) in [4.78, 5) is 23.0. The summed E-state index contributed by atoms with van der Waals surface area (Å²) < 4.78 is 5.55. The summed E-state index contributed by atoms with van der Waals surface area (Å²) in [6, 6.07) is 21.2. The van der Waals surface area contributed by atoms with E-state index in [1.807, 2.05) is 11.0 Å². The number of rotatable bonds is 3. The molecule has 0 unspecified atom stereocenters. The molecule has 1 N–H and O–H groups in total. The van der Waals surface area contributed by atoms with Gasteiger partial charge in [0.1, 0.15) is 5.82 Å². The molecular formula is C29H32N4O2. The molecule has 35 heavy (non-hydrogen) atoms. The monoisotopic (exact) mass is 468 g/mol. The van der Waals surface area contributed by atoms with E-state index in [1.54, 1.807) is 6.20 Å². The fraction of sp³-hybridized carbons (Fsp3) is 0.379. The first-order valence-corrected chi connectivity index (χ1v) is 12.8. The third-order valence-corrected chi connectivity index (χ3v) is 7.73. The number of hydrogen-bond acceptors (Lipinski definition) is 5. The first-order valence-electron chi connectivity index (χ1n) is 12.8. The first-order chi connectivity index (χ1) is 17.3. The standard InChI is InChI=1S/C29H32N4O2/c34-29(23-10-8-22(9-11-23)21-5-2-1-3-6-21)33-20-24-7-4-14-30-28(24)31-26-13-12-25(19-27(26)33)32-15-17-35-18-16-32/h1-7,12-14,19,22-23H,8-11,15-18,20H2,(H,30,31). The predicted molar refractivity (Wildman–Crippen MR) is 139 cm³/mol. The zero-order valence-corrected chi connectivity index (χ0v) is 20.0. The van der Waals surface area contributed by atoms with E-state index in [9.17, 15) is 4.79 Å². The van der Waals surface area contributed by atoms with Gasteiger partial charge in [-0.15, -0.1) is 0 Å². The van der Waals surface area contributed by atoms with Gasteiger partial charge in [-0.05, 0) is 61.4 Å². The molecule has 2 aliphatic heterocycles. The number of carbonyl (C=O) groups is 1. The van der Waals surface area contributed by atoms with E-state index in [0.717, 1.165) is 80.4 Å². The molecule has 0 bridgehead atoms. The average Bonchev–Trinajstić information content (AvgIpc) is 3.10. The van der Waals surface area contributed by atoms with Gasteiger partial charge in [0.05, 0.1) is 31.1 Å². The van der Waals surface area contributed by atoms with Gasteiger partial charge in [-0.25, -0.2) is 4.98 Å². The van der Waals surface area contributed by atoms with Crippen LogP contribution in [0.15, 0.2) is 66.9 Å². The van der Waals surface area contributed by atoms with E-state index in [1.165, 1.54) is 5.56 Å². The Kier molecular flexibility index (Phi) is 6.13. The Morgan fingerprint density at radius 3 is 2.54 bits per heavy atom. The van der Waals surface area contributed by atoms with Crippen LogP contribution in [0.3, 0.4) is 0 Å². The highest BCUT2D eigenvalue weighted by Crippen LogP contribution is 2.41. The van der Waals surface area contributed by atoms with Crippen LogP contribution < -0.4 is 15.1 Å². The van der Waals surface area contributed by atoms with Gasteiger partial charge in [-0.3, -0.25) is 4.79 Å². The van der Waals surface area contributed by atoms with Gasteiger partial charge in [-0.1, -0.05) is 36.4 Å². The number of benzene rings is 2. The summed E-state index contributed by atoms with van der Waals surface area (Å²) in [5.41, 5.74) is 5.46. The average molecular weight is 469 g/mol. The number of ether oxygens (including phenoxy) is 1. The number of fused-ring (bicyclic) bond motifs is 2. The van der Waals surface area contributed by atoms with Gasteiger partial charge >= 0.3 is 0 Å². The number of nitrogens with one attached hydrogen (secondary N) is 1. The van der Waals surface area contributed by atoms with Crippen LogP contribution in [0.25, 0.3) is 0 Å². The molecule has 0 atom stereocenters. The highest BCUT2D eigenvalue weighted by atomic mass is 16.5. The normalized spacial score (nSPS) is 21.9. The Bertz CT molecular complexity index is 1180. The molecule has 1 aromatic heterocycles. The SMILES string of the molecule is O=C(C1CCC(c2ccccc2)CC1)N1Cc2cccnc2Nc2ccc(N3CCOCC3)cc21. The van der Waals surface area contributed by atoms with Crippen molar-refractivity contribution in [2.45, 2.75) is 38.1 Å².